The van der Waals surface area contributed by atoms with Gasteiger partial charge in [0, 0.05) is 18.2 Å². The van der Waals surface area contributed by atoms with Crippen LogP contribution in [0.4, 0.5) is 0 Å². The van der Waals surface area contributed by atoms with E-state index in [1.165, 1.54) is 5.56 Å². The molecule has 1 aromatic carbocycles. The summed E-state index contributed by atoms with van der Waals surface area (Å²) in [6.07, 6.45) is 0.882. The summed E-state index contributed by atoms with van der Waals surface area (Å²) in [5.74, 6) is 0.197. The largest absolute Gasteiger partial charge is 0.402 e. The van der Waals surface area contributed by atoms with E-state index in [1.807, 2.05) is 18.2 Å². The third kappa shape index (κ3) is 2.92. The van der Waals surface area contributed by atoms with Gasteiger partial charge < -0.3 is 11.5 Å². The fourth-order valence-corrected chi connectivity index (χ4v) is 1.26. The van der Waals surface area contributed by atoms with Crippen LogP contribution >= 0.6 is 0 Å². The van der Waals surface area contributed by atoms with Crippen LogP contribution in [0.2, 0.25) is 0 Å². The lowest BCUT2D eigenvalue weighted by Crippen LogP contribution is -2.22. The second-order valence-electron chi connectivity index (χ2n) is 3.20. The van der Waals surface area contributed by atoms with Gasteiger partial charge in [-0.2, -0.15) is 0 Å². The maximum absolute atomic E-state index is 5.62. The smallest absolute Gasteiger partial charge is 0.0142 e. The van der Waals surface area contributed by atoms with Crippen molar-refractivity contribution in [1.82, 2.24) is 0 Å². The molecule has 0 aliphatic heterocycles. The summed E-state index contributed by atoms with van der Waals surface area (Å²) in [5.41, 5.74) is 13.1. The Morgan fingerprint density at radius 2 is 1.92 bits per heavy atom. The first-order valence-electron chi connectivity index (χ1n) is 4.42. The van der Waals surface area contributed by atoms with Crippen LogP contribution in [-0.2, 0) is 6.42 Å². The molecule has 0 fully saturated rings. The minimum absolute atomic E-state index is 0.197. The van der Waals surface area contributed by atoms with Crippen LogP contribution in [-0.4, -0.2) is 6.54 Å². The molecule has 1 rings (SSSR count). The molecule has 1 atom stereocenters. The molecule has 0 radical (unpaired) electrons. The molecule has 70 valence electrons. The lowest BCUT2D eigenvalue weighted by molar-refractivity contribution is 0.617. The summed E-state index contributed by atoms with van der Waals surface area (Å²) in [6, 6.07) is 10.2. The second kappa shape index (κ2) is 4.67. The van der Waals surface area contributed by atoms with E-state index >= 15 is 0 Å². The molecule has 4 N–H and O–H groups in total. The lowest BCUT2D eigenvalue weighted by atomic mass is 9.97. The summed E-state index contributed by atoms with van der Waals surface area (Å²) in [5, 5.41) is 0. The number of hydrogen-bond donors (Lipinski definition) is 2. The molecule has 0 saturated heterocycles. The zero-order valence-electron chi connectivity index (χ0n) is 7.74. The Kier molecular flexibility index (Phi) is 3.53. The van der Waals surface area contributed by atoms with E-state index < -0.39 is 0 Å². The predicted octanol–water partition coefficient (Wildman–Crippen LogP) is 1.28. The summed E-state index contributed by atoms with van der Waals surface area (Å²) >= 11 is 0. The van der Waals surface area contributed by atoms with Gasteiger partial charge in [-0.05, 0) is 12.0 Å². The average molecular weight is 176 g/mol. The third-order valence-electron chi connectivity index (χ3n) is 2.13. The van der Waals surface area contributed by atoms with Gasteiger partial charge in [-0.15, -0.1) is 0 Å². The number of benzene rings is 1. The Labute approximate surface area is 79.2 Å². The molecule has 0 bridgehead atoms. The van der Waals surface area contributed by atoms with Crippen LogP contribution in [0.1, 0.15) is 5.56 Å². The fourth-order valence-electron chi connectivity index (χ4n) is 1.26. The van der Waals surface area contributed by atoms with Gasteiger partial charge in [-0.25, -0.2) is 0 Å². The highest BCUT2D eigenvalue weighted by molar-refractivity contribution is 5.17. The molecule has 13 heavy (non-hydrogen) atoms. The molecule has 0 aromatic heterocycles. The molecule has 0 heterocycles. The molecule has 2 nitrogen and oxygen atoms in total. The van der Waals surface area contributed by atoms with Crippen LogP contribution in [0.25, 0.3) is 0 Å². The Morgan fingerprint density at radius 1 is 1.31 bits per heavy atom. The van der Waals surface area contributed by atoms with Crippen molar-refractivity contribution in [3.63, 3.8) is 0 Å². The molecule has 0 aliphatic carbocycles. The van der Waals surface area contributed by atoms with Crippen LogP contribution < -0.4 is 11.5 Å². The van der Waals surface area contributed by atoms with Gasteiger partial charge in [-0.1, -0.05) is 36.9 Å². The van der Waals surface area contributed by atoms with Crippen molar-refractivity contribution in [1.29, 1.82) is 0 Å². The van der Waals surface area contributed by atoms with E-state index in [9.17, 15) is 0 Å². The normalized spacial score (nSPS) is 12.4. The molecule has 0 saturated carbocycles. The first-order valence-corrected chi connectivity index (χ1v) is 4.42. The Bertz CT molecular complexity index is 267. The maximum Gasteiger partial charge on any atom is 0.0142 e. The van der Waals surface area contributed by atoms with Crippen molar-refractivity contribution in [2.75, 3.05) is 6.54 Å². The first kappa shape index (κ1) is 9.81. The van der Waals surface area contributed by atoms with Gasteiger partial charge in [0.05, 0.1) is 0 Å². The van der Waals surface area contributed by atoms with E-state index in [4.69, 9.17) is 11.5 Å². The monoisotopic (exact) mass is 176 g/mol. The van der Waals surface area contributed by atoms with E-state index in [-0.39, 0.29) is 5.92 Å². The molecular weight excluding hydrogens is 160 g/mol. The van der Waals surface area contributed by atoms with Gasteiger partial charge in [0.15, 0.2) is 0 Å². The van der Waals surface area contributed by atoms with Gasteiger partial charge in [0.1, 0.15) is 0 Å². The topological polar surface area (TPSA) is 52.0 Å². The summed E-state index contributed by atoms with van der Waals surface area (Å²) in [6.45, 7) is 4.28. The molecule has 1 unspecified atom stereocenters. The fraction of sp³-hybridized carbons (Fsp3) is 0.273. The third-order valence-corrected chi connectivity index (χ3v) is 2.13. The molecule has 1 aromatic rings. The highest BCUT2D eigenvalue weighted by Crippen LogP contribution is 2.10. The molecular formula is C11H16N2. The zero-order chi connectivity index (χ0) is 9.68. The molecule has 0 aliphatic rings. The predicted molar refractivity (Wildman–Crippen MR) is 56.0 cm³/mol. The van der Waals surface area contributed by atoms with Gasteiger partial charge in [0.2, 0.25) is 0 Å². The van der Waals surface area contributed by atoms with Crippen molar-refractivity contribution < 1.29 is 0 Å². The minimum Gasteiger partial charge on any atom is -0.402 e. The summed E-state index contributed by atoms with van der Waals surface area (Å²) in [4.78, 5) is 0. The van der Waals surface area contributed by atoms with Crippen molar-refractivity contribution in [2.45, 2.75) is 6.42 Å². The van der Waals surface area contributed by atoms with E-state index in [0.29, 0.717) is 12.2 Å². The van der Waals surface area contributed by atoms with Gasteiger partial charge >= 0.3 is 0 Å². The van der Waals surface area contributed by atoms with Gasteiger partial charge in [0.25, 0.3) is 0 Å². The van der Waals surface area contributed by atoms with Crippen LogP contribution in [0.15, 0.2) is 42.6 Å². The Morgan fingerprint density at radius 3 is 2.38 bits per heavy atom. The Balaban J connectivity index is 2.62. The zero-order valence-corrected chi connectivity index (χ0v) is 7.74. The number of rotatable bonds is 4. The van der Waals surface area contributed by atoms with Crippen molar-refractivity contribution in [3.05, 3.63) is 48.2 Å². The van der Waals surface area contributed by atoms with Crippen LogP contribution in [0.3, 0.4) is 0 Å². The van der Waals surface area contributed by atoms with E-state index in [0.717, 1.165) is 6.42 Å². The van der Waals surface area contributed by atoms with E-state index in [2.05, 4.69) is 18.7 Å². The van der Waals surface area contributed by atoms with Crippen LogP contribution in [0, 0.1) is 5.92 Å². The van der Waals surface area contributed by atoms with Crippen molar-refractivity contribution >= 4 is 0 Å². The minimum atomic E-state index is 0.197. The average Bonchev–Trinajstić information content (AvgIpc) is 2.15. The molecule has 2 heteroatoms. The number of nitrogens with two attached hydrogens (primary N) is 2. The second-order valence-corrected chi connectivity index (χ2v) is 3.20. The summed E-state index contributed by atoms with van der Waals surface area (Å²) in [7, 11) is 0. The first-order chi connectivity index (χ1) is 6.24. The lowest BCUT2D eigenvalue weighted by Gasteiger charge is -2.13. The maximum atomic E-state index is 5.62. The molecule has 0 amide bonds. The SMILES string of the molecule is C=C(N)C(CN)Cc1ccccc1. The molecule has 0 spiro atoms. The Hall–Kier alpha value is -1.28. The van der Waals surface area contributed by atoms with Crippen LogP contribution in [0.5, 0.6) is 0 Å². The van der Waals surface area contributed by atoms with E-state index in [1.54, 1.807) is 0 Å². The highest BCUT2D eigenvalue weighted by atomic mass is 14.6. The number of hydrogen-bond acceptors (Lipinski definition) is 2. The quantitative estimate of drug-likeness (QED) is 0.726. The van der Waals surface area contributed by atoms with Crippen molar-refractivity contribution in [2.24, 2.45) is 17.4 Å². The highest BCUT2D eigenvalue weighted by Gasteiger charge is 2.08. The van der Waals surface area contributed by atoms with Gasteiger partial charge in [-0.3, -0.25) is 0 Å². The standard InChI is InChI=1S/C11H16N2/c1-9(13)11(8-12)7-10-5-3-2-4-6-10/h2-6,11H,1,7-8,12-13H2. The van der Waals surface area contributed by atoms with Crippen molar-refractivity contribution in [3.8, 4) is 0 Å². The summed E-state index contributed by atoms with van der Waals surface area (Å²) < 4.78 is 0.